The quantitative estimate of drug-likeness (QED) is 0.882. The topological polar surface area (TPSA) is 76.1 Å². The van der Waals surface area contributed by atoms with Crippen molar-refractivity contribution in [1.29, 1.82) is 0 Å². The van der Waals surface area contributed by atoms with E-state index in [2.05, 4.69) is 10.3 Å². The maximum absolute atomic E-state index is 11.8. The van der Waals surface area contributed by atoms with Gasteiger partial charge >= 0.3 is 0 Å². The van der Waals surface area contributed by atoms with E-state index >= 15 is 0 Å². The normalized spacial score (nSPS) is 23.4. The highest BCUT2D eigenvalue weighted by Crippen LogP contribution is 2.33. The lowest BCUT2D eigenvalue weighted by atomic mass is 10.0. The first-order valence-electron chi connectivity index (χ1n) is 6.23. The molecule has 6 heteroatoms. The molecule has 2 heterocycles. The van der Waals surface area contributed by atoms with Crippen molar-refractivity contribution in [2.45, 2.75) is 37.5 Å². The van der Waals surface area contributed by atoms with E-state index in [1.54, 1.807) is 26.2 Å². The number of rotatable bonds is 4. The predicted octanol–water partition coefficient (Wildman–Crippen LogP) is 0.706. The highest BCUT2D eigenvalue weighted by atomic mass is 32.2. The number of aryl methyl sites for hydroxylation is 1. The van der Waals surface area contributed by atoms with E-state index in [-0.39, 0.29) is 17.7 Å². The smallest absolute Gasteiger partial charge is 0.220 e. The number of hydrogen-bond donors (Lipinski definition) is 1. The molecule has 1 amide bonds. The molecule has 0 aliphatic carbocycles. The number of nitrogens with one attached hydrogen (secondary N) is 1. The van der Waals surface area contributed by atoms with Crippen LogP contribution in [0, 0.1) is 0 Å². The van der Waals surface area contributed by atoms with Crippen LogP contribution in [-0.2, 0) is 21.1 Å². The second kappa shape index (κ2) is 4.92. The first-order valence-corrected chi connectivity index (χ1v) is 7.89. The van der Waals surface area contributed by atoms with Gasteiger partial charge in [0.1, 0.15) is 0 Å². The van der Waals surface area contributed by atoms with Crippen LogP contribution < -0.4 is 5.32 Å². The lowest BCUT2D eigenvalue weighted by Crippen LogP contribution is -2.66. The molecule has 1 aliphatic rings. The number of hydrogen-bond acceptors (Lipinski definition) is 4. The minimum Gasteiger partial charge on any atom is -0.351 e. The number of sulfone groups is 1. The van der Waals surface area contributed by atoms with Crippen molar-refractivity contribution >= 4 is 15.7 Å². The summed E-state index contributed by atoms with van der Waals surface area (Å²) in [7, 11) is -3.04. The van der Waals surface area contributed by atoms with Crippen molar-refractivity contribution in [3.05, 3.63) is 30.1 Å². The monoisotopic (exact) mass is 282 g/mol. The Morgan fingerprint density at radius 1 is 1.42 bits per heavy atom. The van der Waals surface area contributed by atoms with E-state index in [9.17, 15) is 13.2 Å². The fraction of sp³-hybridized carbons (Fsp3) is 0.538. The van der Waals surface area contributed by atoms with Crippen LogP contribution in [0.4, 0.5) is 0 Å². The molecular weight excluding hydrogens is 264 g/mol. The van der Waals surface area contributed by atoms with Gasteiger partial charge in [0.15, 0.2) is 9.84 Å². The van der Waals surface area contributed by atoms with E-state index in [0.29, 0.717) is 12.8 Å². The standard InChI is InChI=1S/C13H18N2O3S/c1-13(2)11(9-19(13,17)18)15-12(16)4-3-10-5-7-14-8-6-10/h5-8,11H,3-4,9H2,1-2H3,(H,15,16)/t11-/m0/s1. The zero-order valence-electron chi connectivity index (χ0n) is 11.1. The van der Waals surface area contributed by atoms with E-state index in [1.165, 1.54) is 0 Å². The lowest BCUT2D eigenvalue weighted by Gasteiger charge is -2.43. The number of carbonyl (C=O) groups is 1. The minimum absolute atomic E-state index is 0.0427. The van der Waals surface area contributed by atoms with Gasteiger partial charge in [0, 0.05) is 18.8 Å². The van der Waals surface area contributed by atoms with Crippen molar-refractivity contribution in [2.75, 3.05) is 5.75 Å². The molecule has 0 bridgehead atoms. The van der Waals surface area contributed by atoms with E-state index in [4.69, 9.17) is 0 Å². The average Bonchev–Trinajstić information content (AvgIpc) is 2.37. The van der Waals surface area contributed by atoms with Gasteiger partial charge in [-0.15, -0.1) is 0 Å². The lowest BCUT2D eigenvalue weighted by molar-refractivity contribution is -0.121. The van der Waals surface area contributed by atoms with Gasteiger partial charge in [-0.3, -0.25) is 9.78 Å². The molecule has 1 aliphatic heterocycles. The number of nitrogens with zero attached hydrogens (tertiary/aromatic N) is 1. The third kappa shape index (κ3) is 2.78. The Hall–Kier alpha value is -1.43. The summed E-state index contributed by atoms with van der Waals surface area (Å²) in [6.45, 7) is 3.30. The number of pyridine rings is 1. The molecule has 1 N–H and O–H groups in total. The van der Waals surface area contributed by atoms with Crippen LogP contribution in [-0.4, -0.2) is 35.9 Å². The van der Waals surface area contributed by atoms with Crippen LogP contribution >= 0.6 is 0 Å². The molecule has 1 aromatic rings. The Kier molecular flexibility index (Phi) is 3.62. The molecule has 0 aromatic carbocycles. The summed E-state index contributed by atoms with van der Waals surface area (Å²) in [5, 5.41) is 2.80. The van der Waals surface area contributed by atoms with Crippen LogP contribution in [0.5, 0.6) is 0 Å². The summed E-state index contributed by atoms with van der Waals surface area (Å²) < 4.78 is 22.3. The van der Waals surface area contributed by atoms with E-state index < -0.39 is 14.6 Å². The maximum atomic E-state index is 11.8. The minimum atomic E-state index is -3.04. The maximum Gasteiger partial charge on any atom is 0.220 e. The summed E-state index contributed by atoms with van der Waals surface area (Å²) in [6.07, 6.45) is 4.37. The Bertz CT molecular complexity index is 567. The summed E-state index contributed by atoms with van der Waals surface area (Å²) >= 11 is 0. The number of aromatic nitrogens is 1. The predicted molar refractivity (Wildman–Crippen MR) is 72.4 cm³/mol. The molecule has 1 atom stereocenters. The van der Waals surface area contributed by atoms with Crippen LogP contribution in [0.15, 0.2) is 24.5 Å². The van der Waals surface area contributed by atoms with Crippen molar-refractivity contribution < 1.29 is 13.2 Å². The second-order valence-electron chi connectivity index (χ2n) is 5.36. The number of carbonyl (C=O) groups excluding carboxylic acids is 1. The van der Waals surface area contributed by atoms with Gasteiger partial charge in [-0.25, -0.2) is 8.42 Å². The van der Waals surface area contributed by atoms with Gasteiger partial charge in [-0.05, 0) is 38.0 Å². The average molecular weight is 282 g/mol. The molecule has 1 fully saturated rings. The SMILES string of the molecule is CC1(C)[C@@H](NC(=O)CCc2ccncc2)CS1(=O)=O. The first kappa shape index (κ1) is 14.0. The molecule has 1 saturated heterocycles. The molecular formula is C13H18N2O3S. The Morgan fingerprint density at radius 2 is 2.05 bits per heavy atom. The van der Waals surface area contributed by atoms with Crippen molar-refractivity contribution in [2.24, 2.45) is 0 Å². The van der Waals surface area contributed by atoms with E-state index in [0.717, 1.165) is 5.56 Å². The molecule has 0 radical (unpaired) electrons. The van der Waals surface area contributed by atoms with Gasteiger partial charge in [-0.2, -0.15) is 0 Å². The second-order valence-corrected chi connectivity index (χ2v) is 7.98. The summed E-state index contributed by atoms with van der Waals surface area (Å²) in [5.41, 5.74) is 1.05. The van der Waals surface area contributed by atoms with Crippen LogP contribution in [0.25, 0.3) is 0 Å². The van der Waals surface area contributed by atoms with Crippen molar-refractivity contribution in [3.63, 3.8) is 0 Å². The largest absolute Gasteiger partial charge is 0.351 e. The van der Waals surface area contributed by atoms with Gasteiger partial charge in [0.2, 0.25) is 5.91 Å². The van der Waals surface area contributed by atoms with Crippen LogP contribution in [0.3, 0.4) is 0 Å². The Labute approximate surface area is 113 Å². The highest BCUT2D eigenvalue weighted by molar-refractivity contribution is 7.94. The number of amides is 1. The summed E-state index contributed by atoms with van der Waals surface area (Å²) in [5.74, 6) is -0.0640. The van der Waals surface area contributed by atoms with Crippen molar-refractivity contribution in [1.82, 2.24) is 10.3 Å². The van der Waals surface area contributed by atoms with Gasteiger partial charge in [-0.1, -0.05) is 0 Å². The third-order valence-corrected chi connectivity index (χ3v) is 6.41. The first-order chi connectivity index (χ1) is 8.83. The zero-order valence-corrected chi connectivity index (χ0v) is 11.9. The van der Waals surface area contributed by atoms with Gasteiger partial charge in [0.25, 0.3) is 0 Å². The van der Waals surface area contributed by atoms with E-state index in [1.807, 2.05) is 12.1 Å². The third-order valence-electron chi connectivity index (χ3n) is 3.75. The highest BCUT2D eigenvalue weighted by Gasteiger charge is 2.53. The molecule has 0 unspecified atom stereocenters. The van der Waals surface area contributed by atoms with Crippen LogP contribution in [0.1, 0.15) is 25.8 Å². The molecule has 104 valence electrons. The fourth-order valence-corrected chi connectivity index (χ4v) is 3.69. The molecule has 5 nitrogen and oxygen atoms in total. The van der Waals surface area contributed by atoms with Crippen LogP contribution in [0.2, 0.25) is 0 Å². The summed E-state index contributed by atoms with van der Waals surface area (Å²) in [6, 6.07) is 3.46. The van der Waals surface area contributed by atoms with Crippen molar-refractivity contribution in [3.8, 4) is 0 Å². The molecule has 2 rings (SSSR count). The molecule has 0 saturated carbocycles. The molecule has 0 spiro atoms. The zero-order chi connectivity index (χ0) is 14.1. The van der Waals surface area contributed by atoms with Gasteiger partial charge < -0.3 is 5.32 Å². The summed E-state index contributed by atoms with van der Waals surface area (Å²) in [4.78, 5) is 15.7. The molecule has 19 heavy (non-hydrogen) atoms. The Morgan fingerprint density at radius 3 is 2.58 bits per heavy atom. The Balaban J connectivity index is 1.84. The van der Waals surface area contributed by atoms with Gasteiger partial charge in [0.05, 0.1) is 16.5 Å². The fourth-order valence-electron chi connectivity index (χ4n) is 2.04. The molecule has 1 aromatic heterocycles.